The summed E-state index contributed by atoms with van der Waals surface area (Å²) < 4.78 is 0. The number of rotatable bonds is 3. The summed E-state index contributed by atoms with van der Waals surface area (Å²) in [6.07, 6.45) is 3.31. The Bertz CT molecular complexity index is 493. The first kappa shape index (κ1) is 9.45. The summed E-state index contributed by atoms with van der Waals surface area (Å²) in [4.78, 5) is 8.32. The highest BCUT2D eigenvalue weighted by atomic mass is 15.0. The van der Waals surface area contributed by atoms with Crippen LogP contribution in [0.4, 0.5) is 11.5 Å². The molecule has 15 heavy (non-hydrogen) atoms. The molecule has 0 aliphatic heterocycles. The molecule has 0 bridgehead atoms. The maximum absolute atomic E-state index is 5.72. The van der Waals surface area contributed by atoms with E-state index in [4.69, 9.17) is 5.73 Å². The smallest absolute Gasteiger partial charge is 0.137 e. The van der Waals surface area contributed by atoms with Crippen LogP contribution in [0.25, 0.3) is 10.9 Å². The summed E-state index contributed by atoms with van der Waals surface area (Å²) in [5.74, 6) is 0.784. The van der Waals surface area contributed by atoms with Crippen molar-refractivity contribution in [2.45, 2.75) is 0 Å². The van der Waals surface area contributed by atoms with Gasteiger partial charge in [-0.05, 0) is 18.2 Å². The van der Waals surface area contributed by atoms with Crippen molar-refractivity contribution in [3.05, 3.63) is 37.2 Å². The van der Waals surface area contributed by atoms with Gasteiger partial charge < -0.3 is 11.1 Å². The number of fused-ring (bicyclic) bond motifs is 1. The molecule has 0 saturated heterocycles. The SMILES string of the molecule is C=CCNc1ncnc2ccc(N)cc12. The minimum Gasteiger partial charge on any atom is -0.399 e. The molecule has 0 amide bonds. The number of nitrogen functional groups attached to an aromatic ring is 1. The van der Waals surface area contributed by atoms with Crippen LogP contribution in [0.2, 0.25) is 0 Å². The Morgan fingerprint density at radius 1 is 1.40 bits per heavy atom. The quantitative estimate of drug-likeness (QED) is 0.586. The number of benzene rings is 1. The fraction of sp³-hybridized carbons (Fsp3) is 0.0909. The molecule has 0 radical (unpaired) electrons. The Morgan fingerprint density at radius 3 is 3.07 bits per heavy atom. The van der Waals surface area contributed by atoms with Gasteiger partial charge in [-0.2, -0.15) is 0 Å². The van der Waals surface area contributed by atoms with E-state index in [1.807, 2.05) is 18.2 Å². The summed E-state index contributed by atoms with van der Waals surface area (Å²) in [7, 11) is 0. The van der Waals surface area contributed by atoms with E-state index in [1.165, 1.54) is 6.33 Å². The molecule has 0 aliphatic rings. The number of hydrogen-bond donors (Lipinski definition) is 2. The van der Waals surface area contributed by atoms with Crippen molar-refractivity contribution in [2.24, 2.45) is 0 Å². The highest BCUT2D eigenvalue weighted by Crippen LogP contribution is 2.21. The van der Waals surface area contributed by atoms with Gasteiger partial charge in [0.25, 0.3) is 0 Å². The molecule has 1 heterocycles. The predicted molar refractivity (Wildman–Crippen MR) is 62.6 cm³/mol. The number of nitrogens with two attached hydrogens (primary N) is 1. The topological polar surface area (TPSA) is 63.8 Å². The average molecular weight is 200 g/mol. The van der Waals surface area contributed by atoms with Gasteiger partial charge in [-0.15, -0.1) is 6.58 Å². The van der Waals surface area contributed by atoms with Crippen molar-refractivity contribution in [3.8, 4) is 0 Å². The number of hydrogen-bond acceptors (Lipinski definition) is 4. The zero-order chi connectivity index (χ0) is 10.7. The maximum Gasteiger partial charge on any atom is 0.137 e. The van der Waals surface area contributed by atoms with Crippen LogP contribution < -0.4 is 11.1 Å². The van der Waals surface area contributed by atoms with Crippen molar-refractivity contribution in [3.63, 3.8) is 0 Å². The molecule has 0 atom stereocenters. The van der Waals surface area contributed by atoms with E-state index in [-0.39, 0.29) is 0 Å². The third-order valence-corrected chi connectivity index (χ3v) is 2.07. The normalized spacial score (nSPS) is 10.1. The van der Waals surface area contributed by atoms with Crippen LogP contribution >= 0.6 is 0 Å². The Labute approximate surface area is 87.8 Å². The summed E-state index contributed by atoms with van der Waals surface area (Å²) in [6, 6.07) is 5.57. The van der Waals surface area contributed by atoms with Crippen LogP contribution in [0.1, 0.15) is 0 Å². The van der Waals surface area contributed by atoms with Crippen LogP contribution in [-0.4, -0.2) is 16.5 Å². The van der Waals surface area contributed by atoms with Gasteiger partial charge in [-0.25, -0.2) is 9.97 Å². The van der Waals surface area contributed by atoms with Crippen LogP contribution in [0.3, 0.4) is 0 Å². The van der Waals surface area contributed by atoms with Gasteiger partial charge in [0.2, 0.25) is 0 Å². The molecule has 4 nitrogen and oxygen atoms in total. The second kappa shape index (κ2) is 3.96. The van der Waals surface area contributed by atoms with Crippen LogP contribution in [0, 0.1) is 0 Å². The molecular formula is C11H12N4. The minimum absolute atomic E-state index is 0.668. The molecule has 0 spiro atoms. The first-order chi connectivity index (χ1) is 7.31. The molecule has 0 fully saturated rings. The summed E-state index contributed by atoms with van der Waals surface area (Å²) >= 11 is 0. The molecule has 1 aromatic heterocycles. The molecule has 2 rings (SSSR count). The first-order valence-electron chi connectivity index (χ1n) is 4.66. The Balaban J connectivity index is 2.52. The standard InChI is InChI=1S/C11H12N4/c1-2-5-13-11-9-6-8(12)3-4-10(9)14-7-15-11/h2-4,6-7H,1,5,12H2,(H,13,14,15). The first-order valence-corrected chi connectivity index (χ1v) is 4.66. The monoisotopic (exact) mass is 200 g/mol. The minimum atomic E-state index is 0.668. The zero-order valence-corrected chi connectivity index (χ0v) is 8.27. The lowest BCUT2D eigenvalue weighted by Gasteiger charge is -2.06. The number of aromatic nitrogens is 2. The van der Waals surface area contributed by atoms with Gasteiger partial charge in [-0.3, -0.25) is 0 Å². The Morgan fingerprint density at radius 2 is 2.27 bits per heavy atom. The van der Waals surface area contributed by atoms with E-state index in [1.54, 1.807) is 6.08 Å². The highest BCUT2D eigenvalue weighted by molar-refractivity contribution is 5.91. The molecule has 1 aromatic carbocycles. The molecule has 2 aromatic rings. The number of anilines is 2. The average Bonchev–Trinajstić information content (AvgIpc) is 2.26. The van der Waals surface area contributed by atoms with Crippen molar-refractivity contribution in [2.75, 3.05) is 17.6 Å². The molecule has 0 aliphatic carbocycles. The van der Waals surface area contributed by atoms with Gasteiger partial charge in [0.1, 0.15) is 12.1 Å². The Hall–Kier alpha value is -2.10. The molecule has 0 saturated carbocycles. The van der Waals surface area contributed by atoms with E-state index in [9.17, 15) is 0 Å². The summed E-state index contributed by atoms with van der Waals surface area (Å²) in [5, 5.41) is 4.07. The number of nitrogens with zero attached hydrogens (tertiary/aromatic N) is 2. The molecular weight excluding hydrogens is 188 g/mol. The van der Waals surface area contributed by atoms with Crippen LogP contribution in [0.15, 0.2) is 37.2 Å². The third-order valence-electron chi connectivity index (χ3n) is 2.07. The van der Waals surface area contributed by atoms with Crippen molar-refractivity contribution in [1.82, 2.24) is 9.97 Å². The van der Waals surface area contributed by atoms with Gasteiger partial charge in [-0.1, -0.05) is 6.08 Å². The summed E-state index contributed by atoms with van der Waals surface area (Å²) in [6.45, 7) is 4.31. The van der Waals surface area contributed by atoms with Gasteiger partial charge in [0.05, 0.1) is 5.52 Å². The van der Waals surface area contributed by atoms with Gasteiger partial charge >= 0.3 is 0 Å². The van der Waals surface area contributed by atoms with E-state index in [2.05, 4.69) is 21.9 Å². The number of nitrogens with one attached hydrogen (secondary N) is 1. The van der Waals surface area contributed by atoms with Crippen LogP contribution in [-0.2, 0) is 0 Å². The zero-order valence-electron chi connectivity index (χ0n) is 8.27. The lowest BCUT2D eigenvalue weighted by Crippen LogP contribution is -2.01. The van der Waals surface area contributed by atoms with E-state index in [0.29, 0.717) is 12.2 Å². The largest absolute Gasteiger partial charge is 0.399 e. The van der Waals surface area contributed by atoms with Crippen molar-refractivity contribution in [1.29, 1.82) is 0 Å². The fourth-order valence-electron chi connectivity index (χ4n) is 1.38. The van der Waals surface area contributed by atoms with Crippen LogP contribution in [0.5, 0.6) is 0 Å². The van der Waals surface area contributed by atoms with Gasteiger partial charge in [0.15, 0.2) is 0 Å². The molecule has 4 heteroatoms. The lowest BCUT2D eigenvalue weighted by atomic mass is 10.2. The lowest BCUT2D eigenvalue weighted by molar-refractivity contribution is 1.18. The molecule has 0 unspecified atom stereocenters. The second-order valence-electron chi connectivity index (χ2n) is 3.17. The third kappa shape index (κ3) is 1.88. The highest BCUT2D eigenvalue weighted by Gasteiger charge is 2.02. The predicted octanol–water partition coefficient (Wildman–Crippen LogP) is 1.81. The molecule has 76 valence electrons. The van der Waals surface area contributed by atoms with E-state index >= 15 is 0 Å². The Kier molecular flexibility index (Phi) is 2.49. The van der Waals surface area contributed by atoms with E-state index < -0.39 is 0 Å². The second-order valence-corrected chi connectivity index (χ2v) is 3.17. The van der Waals surface area contributed by atoms with Gasteiger partial charge in [0, 0.05) is 17.6 Å². The fourth-order valence-corrected chi connectivity index (χ4v) is 1.38. The maximum atomic E-state index is 5.72. The van der Waals surface area contributed by atoms with Crippen molar-refractivity contribution < 1.29 is 0 Å². The summed E-state index contributed by atoms with van der Waals surface area (Å²) in [5.41, 5.74) is 7.31. The van der Waals surface area contributed by atoms with Crippen molar-refractivity contribution >= 4 is 22.4 Å². The molecule has 3 N–H and O–H groups in total. The van der Waals surface area contributed by atoms with E-state index in [0.717, 1.165) is 16.7 Å².